The second kappa shape index (κ2) is 28.0. The lowest BCUT2D eigenvalue weighted by atomic mass is 10.0. The second-order valence-corrected chi connectivity index (χ2v) is 12.6. The highest BCUT2D eigenvalue weighted by Crippen LogP contribution is 2.14. The van der Waals surface area contributed by atoms with Crippen molar-refractivity contribution in [1.29, 1.82) is 0 Å². The number of nitrogens with one attached hydrogen (secondary N) is 3. The number of aliphatic carboxylic acids is 2. The zero-order valence-electron chi connectivity index (χ0n) is 29.0. The molecule has 0 spiro atoms. The van der Waals surface area contributed by atoms with E-state index in [1.165, 1.54) is 59.3 Å². The van der Waals surface area contributed by atoms with E-state index >= 15 is 0 Å². The Morgan fingerprint density at radius 2 is 1.13 bits per heavy atom. The predicted molar refractivity (Wildman–Crippen MR) is 178 cm³/mol. The van der Waals surface area contributed by atoms with Gasteiger partial charge in [-0.2, -0.15) is 0 Å². The first-order chi connectivity index (χ1) is 22.3. The first-order valence-electron chi connectivity index (χ1n) is 17.3. The molecule has 0 aromatic heterocycles. The lowest BCUT2D eigenvalue weighted by Gasteiger charge is -2.25. The van der Waals surface area contributed by atoms with Crippen molar-refractivity contribution in [3.05, 3.63) is 0 Å². The molecule has 0 aliphatic carbocycles. The van der Waals surface area contributed by atoms with Gasteiger partial charge < -0.3 is 35.6 Å². The van der Waals surface area contributed by atoms with Crippen molar-refractivity contribution in [2.24, 2.45) is 0 Å². The number of carbonyl (C=O) groups excluding carboxylic acids is 4. The normalized spacial score (nSPS) is 11.9. The Balaban J connectivity index is 3.97. The molecule has 0 aliphatic rings. The molecule has 0 saturated carbocycles. The summed E-state index contributed by atoms with van der Waals surface area (Å²) in [7, 11) is 0. The summed E-state index contributed by atoms with van der Waals surface area (Å²) >= 11 is 0. The van der Waals surface area contributed by atoms with Gasteiger partial charge in [0.1, 0.15) is 18.2 Å². The quantitative estimate of drug-likeness (QED) is 0.0643. The molecule has 0 aromatic rings. The number of ether oxygens (including phenoxy) is 2. The number of Topliss-reactive ketones (excluding diaryl/α,β-unsaturated/α-hetero) is 1. The van der Waals surface area contributed by atoms with Crippen molar-refractivity contribution in [2.45, 2.75) is 148 Å². The van der Waals surface area contributed by atoms with Gasteiger partial charge in [-0.3, -0.25) is 24.0 Å². The van der Waals surface area contributed by atoms with E-state index in [1.807, 2.05) is 0 Å². The molecule has 13 heteroatoms. The van der Waals surface area contributed by atoms with E-state index < -0.39 is 35.3 Å². The van der Waals surface area contributed by atoms with Gasteiger partial charge in [-0.25, -0.2) is 4.79 Å². The van der Waals surface area contributed by atoms with E-state index in [0.29, 0.717) is 6.42 Å². The van der Waals surface area contributed by atoms with Crippen LogP contribution in [-0.2, 0) is 38.2 Å². The smallest absolute Gasteiger partial charge is 0.326 e. The Kier molecular flexibility index (Phi) is 26.2. The SMILES string of the molecule is CC(=O)COCCOCCNC(=O)C(C)(C)NC(=O)CC[C@H](NC(=O)CCCCCCCCCCCCCCCCC(=O)O)C(=O)O. The Labute approximate surface area is 280 Å². The highest BCUT2D eigenvalue weighted by molar-refractivity contribution is 5.91. The Morgan fingerprint density at radius 1 is 0.638 bits per heavy atom. The lowest BCUT2D eigenvalue weighted by molar-refractivity contribution is -0.142. The molecule has 0 aromatic carbocycles. The third kappa shape index (κ3) is 27.7. The van der Waals surface area contributed by atoms with Crippen molar-refractivity contribution in [2.75, 3.05) is 33.0 Å². The van der Waals surface area contributed by atoms with Crippen molar-refractivity contribution in [3.8, 4) is 0 Å². The van der Waals surface area contributed by atoms with Crippen LogP contribution in [0.1, 0.15) is 136 Å². The molecule has 0 fully saturated rings. The van der Waals surface area contributed by atoms with E-state index in [1.54, 1.807) is 0 Å². The van der Waals surface area contributed by atoms with E-state index in [4.69, 9.17) is 14.6 Å². The minimum Gasteiger partial charge on any atom is -0.481 e. The summed E-state index contributed by atoms with van der Waals surface area (Å²) in [5, 5.41) is 25.9. The summed E-state index contributed by atoms with van der Waals surface area (Å²) < 4.78 is 10.4. The Bertz CT molecular complexity index is 926. The minimum absolute atomic E-state index is 0.0270. The maximum atomic E-state index is 12.5. The molecule has 1 atom stereocenters. The van der Waals surface area contributed by atoms with Crippen LogP contribution in [-0.4, -0.2) is 90.2 Å². The fourth-order valence-corrected chi connectivity index (χ4v) is 4.84. The van der Waals surface area contributed by atoms with Crippen LogP contribution in [0.2, 0.25) is 0 Å². The van der Waals surface area contributed by atoms with Crippen molar-refractivity contribution >= 4 is 35.4 Å². The standard InChI is InChI=1S/C34H61N3O10/c1-27(38)26-47-25-24-46-23-22-35-33(45)34(2,3)37-30(40)21-20-28(32(43)44)36-29(39)18-16-14-12-10-8-6-4-5-7-9-11-13-15-17-19-31(41)42/h28H,4-26H2,1-3H3,(H,35,45)(H,36,39)(H,37,40)(H,41,42)(H,43,44)/t28-/m0/s1. The number of carboxylic acids is 2. The summed E-state index contributed by atoms with van der Waals surface area (Å²) in [4.78, 5) is 70.2. The number of carbonyl (C=O) groups is 6. The highest BCUT2D eigenvalue weighted by atomic mass is 16.5. The van der Waals surface area contributed by atoms with E-state index in [2.05, 4.69) is 16.0 Å². The Hall–Kier alpha value is -3.06. The van der Waals surface area contributed by atoms with Gasteiger partial charge in [-0.05, 0) is 40.0 Å². The molecule has 0 saturated heterocycles. The van der Waals surface area contributed by atoms with Gasteiger partial charge in [0.05, 0.1) is 19.8 Å². The zero-order valence-corrected chi connectivity index (χ0v) is 29.0. The van der Waals surface area contributed by atoms with Gasteiger partial charge in [-0.1, -0.05) is 77.0 Å². The summed E-state index contributed by atoms with van der Waals surface area (Å²) in [5.41, 5.74) is -1.24. The third-order valence-corrected chi connectivity index (χ3v) is 7.57. The first-order valence-corrected chi connectivity index (χ1v) is 17.3. The lowest BCUT2D eigenvalue weighted by Crippen LogP contribution is -2.55. The van der Waals surface area contributed by atoms with Crippen LogP contribution in [0.15, 0.2) is 0 Å². The monoisotopic (exact) mass is 671 g/mol. The van der Waals surface area contributed by atoms with Crippen LogP contribution in [0.4, 0.5) is 0 Å². The molecular weight excluding hydrogens is 610 g/mol. The fraction of sp³-hybridized carbons (Fsp3) is 0.824. The van der Waals surface area contributed by atoms with Crippen LogP contribution in [0.25, 0.3) is 0 Å². The summed E-state index contributed by atoms with van der Waals surface area (Å²) in [5.74, 6) is -3.30. The zero-order chi connectivity index (χ0) is 35.3. The van der Waals surface area contributed by atoms with Gasteiger partial charge in [0.15, 0.2) is 5.78 Å². The van der Waals surface area contributed by atoms with Gasteiger partial charge >= 0.3 is 11.9 Å². The minimum atomic E-state index is -1.24. The number of ketones is 1. The number of hydrogen-bond acceptors (Lipinski definition) is 8. The second-order valence-electron chi connectivity index (χ2n) is 12.6. The fourth-order valence-electron chi connectivity index (χ4n) is 4.84. The number of amides is 3. The molecule has 13 nitrogen and oxygen atoms in total. The van der Waals surface area contributed by atoms with Crippen LogP contribution >= 0.6 is 0 Å². The summed E-state index contributed by atoms with van der Waals surface area (Å²) in [6.07, 6.45) is 15.2. The van der Waals surface area contributed by atoms with E-state index in [9.17, 15) is 33.9 Å². The van der Waals surface area contributed by atoms with Gasteiger partial charge in [0, 0.05) is 25.8 Å². The van der Waals surface area contributed by atoms with Crippen LogP contribution in [0, 0.1) is 0 Å². The largest absolute Gasteiger partial charge is 0.481 e. The van der Waals surface area contributed by atoms with Gasteiger partial charge in [0.2, 0.25) is 17.7 Å². The molecule has 0 rings (SSSR count). The molecule has 0 heterocycles. The Morgan fingerprint density at radius 3 is 1.62 bits per heavy atom. The average molecular weight is 672 g/mol. The van der Waals surface area contributed by atoms with Crippen molar-refractivity contribution < 1.29 is 48.5 Å². The maximum absolute atomic E-state index is 12.5. The van der Waals surface area contributed by atoms with Gasteiger partial charge in [0.25, 0.3) is 0 Å². The maximum Gasteiger partial charge on any atom is 0.326 e. The average Bonchev–Trinajstić information content (AvgIpc) is 2.99. The molecule has 5 N–H and O–H groups in total. The summed E-state index contributed by atoms with van der Waals surface area (Å²) in [6.45, 7) is 5.49. The number of rotatable bonds is 32. The molecule has 272 valence electrons. The van der Waals surface area contributed by atoms with Crippen LogP contribution < -0.4 is 16.0 Å². The molecule has 47 heavy (non-hydrogen) atoms. The van der Waals surface area contributed by atoms with Crippen LogP contribution in [0.5, 0.6) is 0 Å². The highest BCUT2D eigenvalue weighted by Gasteiger charge is 2.30. The first kappa shape index (κ1) is 43.9. The molecule has 3 amide bonds. The van der Waals surface area contributed by atoms with E-state index in [0.717, 1.165) is 44.9 Å². The molecule has 0 unspecified atom stereocenters. The van der Waals surface area contributed by atoms with E-state index in [-0.39, 0.29) is 70.3 Å². The van der Waals surface area contributed by atoms with Crippen molar-refractivity contribution in [3.63, 3.8) is 0 Å². The number of unbranched alkanes of at least 4 members (excludes halogenated alkanes) is 13. The number of hydrogen-bond donors (Lipinski definition) is 5. The topological polar surface area (TPSA) is 197 Å². The predicted octanol–water partition coefficient (Wildman–Crippen LogP) is 4.30. The van der Waals surface area contributed by atoms with Crippen LogP contribution in [0.3, 0.4) is 0 Å². The third-order valence-electron chi connectivity index (χ3n) is 7.57. The summed E-state index contributed by atoms with van der Waals surface area (Å²) in [6, 6.07) is -1.20. The molecule has 0 radical (unpaired) electrons. The number of carboxylic acid groups (broad SMARTS) is 2. The molecule has 0 aliphatic heterocycles. The molecule has 0 bridgehead atoms. The molecular formula is C34H61N3O10. The van der Waals surface area contributed by atoms with Gasteiger partial charge in [-0.15, -0.1) is 0 Å². The van der Waals surface area contributed by atoms with Crippen molar-refractivity contribution in [1.82, 2.24) is 16.0 Å².